The van der Waals surface area contributed by atoms with Gasteiger partial charge in [-0.3, -0.25) is 9.59 Å². The largest absolute Gasteiger partial charge is 0.406 e. The molecule has 144 valence electrons. The SMILES string of the molecule is Cc1ncn(-c2ccc(NC(=O)C3CC(=O)N(CC(F)(F)F)C3)cc2)c1C. The molecular formula is C18H19F3N4O2. The van der Waals surface area contributed by atoms with Crippen molar-refractivity contribution in [3.8, 4) is 5.69 Å². The lowest BCUT2D eigenvalue weighted by molar-refractivity contribution is -0.157. The topological polar surface area (TPSA) is 67.2 Å². The minimum absolute atomic E-state index is 0.215. The number of nitrogens with zero attached hydrogens (tertiary/aromatic N) is 3. The Bertz CT molecular complexity index is 858. The second kappa shape index (κ2) is 7.05. The van der Waals surface area contributed by atoms with Crippen LogP contribution in [-0.2, 0) is 9.59 Å². The number of imidazole rings is 1. The van der Waals surface area contributed by atoms with E-state index in [-0.39, 0.29) is 13.0 Å². The van der Waals surface area contributed by atoms with E-state index >= 15 is 0 Å². The summed E-state index contributed by atoms with van der Waals surface area (Å²) in [5.74, 6) is -1.91. The molecule has 0 spiro atoms. The molecule has 1 saturated heterocycles. The number of likely N-dealkylation sites (tertiary alicyclic amines) is 1. The van der Waals surface area contributed by atoms with Gasteiger partial charge >= 0.3 is 6.18 Å². The molecule has 1 fully saturated rings. The molecule has 0 aliphatic carbocycles. The number of amides is 2. The molecule has 2 amide bonds. The van der Waals surface area contributed by atoms with E-state index in [9.17, 15) is 22.8 Å². The molecular weight excluding hydrogens is 361 g/mol. The summed E-state index contributed by atoms with van der Waals surface area (Å²) >= 11 is 0. The fraction of sp³-hybridized carbons (Fsp3) is 0.389. The van der Waals surface area contributed by atoms with Crippen LogP contribution in [0.4, 0.5) is 18.9 Å². The van der Waals surface area contributed by atoms with Crippen molar-refractivity contribution >= 4 is 17.5 Å². The molecule has 27 heavy (non-hydrogen) atoms. The highest BCUT2D eigenvalue weighted by molar-refractivity contribution is 5.97. The molecule has 1 aromatic heterocycles. The van der Waals surface area contributed by atoms with Crippen LogP contribution in [0.3, 0.4) is 0 Å². The maximum atomic E-state index is 12.5. The van der Waals surface area contributed by atoms with Gasteiger partial charge in [-0.05, 0) is 38.1 Å². The van der Waals surface area contributed by atoms with Crippen molar-refractivity contribution in [2.75, 3.05) is 18.4 Å². The zero-order valence-corrected chi connectivity index (χ0v) is 14.9. The Kier molecular flexibility index (Phi) is 4.95. The first-order chi connectivity index (χ1) is 12.6. The Labute approximate surface area is 154 Å². The van der Waals surface area contributed by atoms with E-state index in [0.717, 1.165) is 17.1 Å². The maximum Gasteiger partial charge on any atom is 0.406 e. The van der Waals surface area contributed by atoms with E-state index in [4.69, 9.17) is 0 Å². The molecule has 2 heterocycles. The van der Waals surface area contributed by atoms with Crippen LogP contribution in [0.2, 0.25) is 0 Å². The molecule has 0 saturated carbocycles. The van der Waals surface area contributed by atoms with Crippen molar-refractivity contribution in [2.45, 2.75) is 26.4 Å². The first-order valence-electron chi connectivity index (χ1n) is 8.40. The van der Waals surface area contributed by atoms with Gasteiger partial charge in [-0.15, -0.1) is 0 Å². The third-order valence-electron chi connectivity index (χ3n) is 4.62. The van der Waals surface area contributed by atoms with Crippen molar-refractivity contribution in [3.05, 3.63) is 42.0 Å². The van der Waals surface area contributed by atoms with Crippen molar-refractivity contribution in [3.63, 3.8) is 0 Å². The van der Waals surface area contributed by atoms with Crippen molar-refractivity contribution in [1.29, 1.82) is 0 Å². The lowest BCUT2D eigenvalue weighted by atomic mass is 10.1. The van der Waals surface area contributed by atoms with Crippen LogP contribution in [0.1, 0.15) is 17.8 Å². The summed E-state index contributed by atoms with van der Waals surface area (Å²) in [6.45, 7) is 2.30. The van der Waals surface area contributed by atoms with E-state index in [1.807, 2.05) is 18.4 Å². The standard InChI is InChI=1S/C18H19F3N4O2/c1-11-12(2)25(10-22-11)15-5-3-14(4-6-15)23-17(27)13-7-16(26)24(8-13)9-18(19,20)21/h3-6,10,13H,7-9H2,1-2H3,(H,23,27). The first-order valence-corrected chi connectivity index (χ1v) is 8.40. The maximum absolute atomic E-state index is 12.5. The summed E-state index contributed by atoms with van der Waals surface area (Å²) < 4.78 is 39.3. The van der Waals surface area contributed by atoms with Crippen LogP contribution in [0.5, 0.6) is 0 Å². The third-order valence-corrected chi connectivity index (χ3v) is 4.62. The van der Waals surface area contributed by atoms with Gasteiger partial charge in [0, 0.05) is 30.0 Å². The van der Waals surface area contributed by atoms with Crippen LogP contribution in [0.25, 0.3) is 5.69 Å². The molecule has 1 unspecified atom stereocenters. The number of halogens is 3. The van der Waals surface area contributed by atoms with Gasteiger partial charge in [-0.2, -0.15) is 13.2 Å². The van der Waals surface area contributed by atoms with Crippen molar-refractivity contribution in [1.82, 2.24) is 14.5 Å². The summed E-state index contributed by atoms with van der Waals surface area (Å²) in [7, 11) is 0. The number of alkyl halides is 3. The van der Waals surface area contributed by atoms with Gasteiger partial charge in [0.2, 0.25) is 11.8 Å². The molecule has 1 aromatic carbocycles. The number of carbonyl (C=O) groups excluding carboxylic acids is 2. The number of anilines is 1. The average Bonchev–Trinajstić information content (AvgIpc) is 3.11. The second-order valence-electron chi connectivity index (χ2n) is 6.61. The van der Waals surface area contributed by atoms with E-state index < -0.39 is 30.5 Å². The van der Waals surface area contributed by atoms with E-state index in [1.54, 1.807) is 30.6 Å². The van der Waals surface area contributed by atoms with E-state index in [1.165, 1.54) is 0 Å². The average molecular weight is 380 g/mol. The lowest BCUT2D eigenvalue weighted by Gasteiger charge is -2.18. The Morgan fingerprint density at radius 1 is 1.26 bits per heavy atom. The monoisotopic (exact) mass is 380 g/mol. The van der Waals surface area contributed by atoms with Gasteiger partial charge in [-0.1, -0.05) is 0 Å². The Balaban J connectivity index is 1.63. The van der Waals surface area contributed by atoms with Crippen molar-refractivity contribution in [2.24, 2.45) is 5.92 Å². The summed E-state index contributed by atoms with van der Waals surface area (Å²) in [4.78, 5) is 28.9. The molecule has 6 nitrogen and oxygen atoms in total. The first kappa shape index (κ1) is 18.9. The number of rotatable bonds is 4. The molecule has 0 bridgehead atoms. The predicted octanol–water partition coefficient (Wildman–Crippen LogP) is 2.84. The second-order valence-corrected chi connectivity index (χ2v) is 6.61. The molecule has 2 aromatic rings. The number of nitrogens with one attached hydrogen (secondary N) is 1. The van der Waals surface area contributed by atoms with Crippen molar-refractivity contribution < 1.29 is 22.8 Å². The van der Waals surface area contributed by atoms with Crippen LogP contribution < -0.4 is 5.32 Å². The molecule has 1 aliphatic rings. The highest BCUT2D eigenvalue weighted by Crippen LogP contribution is 2.25. The Morgan fingerprint density at radius 2 is 1.93 bits per heavy atom. The van der Waals surface area contributed by atoms with Gasteiger partial charge in [0.1, 0.15) is 6.54 Å². The number of carbonyl (C=O) groups is 2. The Hall–Kier alpha value is -2.84. The van der Waals surface area contributed by atoms with Gasteiger partial charge in [0.15, 0.2) is 0 Å². The molecule has 3 rings (SSSR count). The molecule has 0 radical (unpaired) electrons. The number of benzene rings is 1. The van der Waals surface area contributed by atoms with Gasteiger partial charge in [0.25, 0.3) is 0 Å². The lowest BCUT2D eigenvalue weighted by Crippen LogP contribution is -2.36. The number of aromatic nitrogens is 2. The predicted molar refractivity (Wildman–Crippen MR) is 92.4 cm³/mol. The molecule has 1 aliphatic heterocycles. The normalized spacial score (nSPS) is 17.4. The van der Waals surface area contributed by atoms with Gasteiger partial charge < -0.3 is 14.8 Å². The van der Waals surface area contributed by atoms with Crippen LogP contribution in [0, 0.1) is 19.8 Å². The number of aryl methyl sites for hydroxylation is 1. The summed E-state index contributed by atoms with van der Waals surface area (Å²) in [5.41, 5.74) is 3.31. The summed E-state index contributed by atoms with van der Waals surface area (Å²) in [6, 6.07) is 7.01. The third kappa shape index (κ3) is 4.29. The van der Waals surface area contributed by atoms with Gasteiger partial charge in [0.05, 0.1) is 17.9 Å². The number of hydrogen-bond acceptors (Lipinski definition) is 3. The highest BCUT2D eigenvalue weighted by atomic mass is 19.4. The smallest absolute Gasteiger partial charge is 0.333 e. The van der Waals surface area contributed by atoms with Crippen LogP contribution >= 0.6 is 0 Å². The van der Waals surface area contributed by atoms with E-state index in [2.05, 4.69) is 10.3 Å². The fourth-order valence-corrected chi connectivity index (χ4v) is 3.03. The molecule has 1 N–H and O–H groups in total. The van der Waals surface area contributed by atoms with Crippen LogP contribution in [0.15, 0.2) is 30.6 Å². The molecule has 1 atom stereocenters. The molecule has 9 heteroatoms. The van der Waals surface area contributed by atoms with Crippen LogP contribution in [-0.4, -0.2) is 45.5 Å². The van der Waals surface area contributed by atoms with E-state index in [0.29, 0.717) is 10.6 Å². The summed E-state index contributed by atoms with van der Waals surface area (Å²) in [6.07, 6.45) is -2.98. The zero-order chi connectivity index (χ0) is 19.8. The summed E-state index contributed by atoms with van der Waals surface area (Å²) in [5, 5.41) is 2.66. The zero-order valence-electron chi connectivity index (χ0n) is 14.9. The van der Waals surface area contributed by atoms with Gasteiger partial charge in [-0.25, -0.2) is 4.98 Å². The quantitative estimate of drug-likeness (QED) is 0.887. The minimum atomic E-state index is -4.47. The highest BCUT2D eigenvalue weighted by Gasteiger charge is 2.40. The minimum Gasteiger partial charge on any atom is -0.333 e. The Morgan fingerprint density at radius 3 is 2.48 bits per heavy atom. The fourth-order valence-electron chi connectivity index (χ4n) is 3.03. The number of hydrogen-bond donors (Lipinski definition) is 1.